The Morgan fingerprint density at radius 2 is 1.69 bits per heavy atom. The van der Waals surface area contributed by atoms with Gasteiger partial charge in [-0.05, 0) is 68.8 Å². The molecule has 0 fully saturated rings. The summed E-state index contributed by atoms with van der Waals surface area (Å²) in [4.78, 5) is 24.9. The van der Waals surface area contributed by atoms with Crippen molar-refractivity contribution in [2.45, 2.75) is 33.3 Å². The fourth-order valence-electron chi connectivity index (χ4n) is 3.03. The monoisotopic (exact) mass is 440 g/mol. The summed E-state index contributed by atoms with van der Waals surface area (Å²) < 4.78 is 25.7. The molecule has 0 aliphatic carbocycles. The molecular weight excluding hydrogens is 415 g/mol. The lowest BCUT2D eigenvalue weighted by Gasteiger charge is -2.15. The summed E-state index contributed by atoms with van der Waals surface area (Å²) >= 11 is 0. The van der Waals surface area contributed by atoms with Crippen molar-refractivity contribution in [2.24, 2.45) is 0 Å². The van der Waals surface area contributed by atoms with E-state index in [4.69, 9.17) is 9.47 Å². The lowest BCUT2D eigenvalue weighted by atomic mass is 10.2. The topological polar surface area (TPSA) is 94.5 Å². The normalized spacial score (nSPS) is 11.5. The molecule has 8 nitrogen and oxygen atoms in total. The zero-order chi connectivity index (χ0) is 23.1. The largest absolute Gasteiger partial charge is 0.494 e. The summed E-state index contributed by atoms with van der Waals surface area (Å²) in [6.07, 6.45) is 1.07. The molecule has 3 aromatic rings. The molecule has 1 atom stereocenters. The molecule has 0 saturated carbocycles. The van der Waals surface area contributed by atoms with Gasteiger partial charge in [-0.1, -0.05) is 6.92 Å². The summed E-state index contributed by atoms with van der Waals surface area (Å²) in [7, 11) is 0. The van der Waals surface area contributed by atoms with Gasteiger partial charge in [0.1, 0.15) is 17.3 Å². The Labute approximate surface area is 185 Å². The van der Waals surface area contributed by atoms with Gasteiger partial charge in [-0.3, -0.25) is 20.4 Å². The number of hydrazine groups is 1. The predicted octanol–water partition coefficient (Wildman–Crippen LogP) is 3.20. The molecule has 1 heterocycles. The van der Waals surface area contributed by atoms with Gasteiger partial charge in [0.25, 0.3) is 11.8 Å². The number of halogens is 1. The molecule has 0 saturated heterocycles. The van der Waals surface area contributed by atoms with Gasteiger partial charge in [-0.25, -0.2) is 9.07 Å². The zero-order valence-corrected chi connectivity index (χ0v) is 18.1. The maximum atomic E-state index is 13.2. The fourth-order valence-corrected chi connectivity index (χ4v) is 3.03. The van der Waals surface area contributed by atoms with Crippen molar-refractivity contribution >= 4 is 11.8 Å². The number of carbonyl (C=O) groups is 2. The van der Waals surface area contributed by atoms with Gasteiger partial charge in [0, 0.05) is 0 Å². The van der Waals surface area contributed by atoms with Gasteiger partial charge in [0.15, 0.2) is 6.10 Å². The Bertz CT molecular complexity index is 1060. The highest BCUT2D eigenvalue weighted by Crippen LogP contribution is 2.19. The van der Waals surface area contributed by atoms with Crippen molar-refractivity contribution in [3.63, 3.8) is 0 Å². The van der Waals surface area contributed by atoms with Gasteiger partial charge in [0.2, 0.25) is 0 Å². The number of nitrogens with zero attached hydrogens (tertiary/aromatic N) is 2. The molecule has 9 heteroatoms. The highest BCUT2D eigenvalue weighted by molar-refractivity contribution is 5.96. The van der Waals surface area contributed by atoms with Gasteiger partial charge in [-0.15, -0.1) is 0 Å². The van der Waals surface area contributed by atoms with Gasteiger partial charge >= 0.3 is 0 Å². The average Bonchev–Trinajstić information content (AvgIpc) is 3.23. The SMILES string of the molecule is CCOc1ccc(OC(C)C(=O)NNC(=O)c2cnn(-c3ccc(F)cc3)c2CC)cc1. The first-order valence-corrected chi connectivity index (χ1v) is 10.3. The summed E-state index contributed by atoms with van der Waals surface area (Å²) in [5.74, 6) is -0.192. The van der Waals surface area contributed by atoms with Crippen molar-refractivity contribution in [1.82, 2.24) is 20.6 Å². The molecule has 32 heavy (non-hydrogen) atoms. The van der Waals surface area contributed by atoms with E-state index in [-0.39, 0.29) is 5.82 Å². The molecule has 2 N–H and O–H groups in total. The standard InChI is InChI=1S/C23H25FN4O4/c1-4-21-20(14-25-28(21)17-8-6-16(24)7-9-17)23(30)27-26-22(29)15(3)32-19-12-10-18(11-13-19)31-5-2/h6-15H,4-5H2,1-3H3,(H,26,29)(H,27,30). The van der Waals surface area contributed by atoms with E-state index in [1.54, 1.807) is 48.0 Å². The fraction of sp³-hybridized carbons (Fsp3) is 0.261. The number of nitrogens with one attached hydrogen (secondary N) is 2. The second-order valence-corrected chi connectivity index (χ2v) is 6.85. The number of ether oxygens (including phenoxy) is 2. The van der Waals surface area contributed by atoms with E-state index in [0.717, 1.165) is 0 Å². The van der Waals surface area contributed by atoms with Crippen LogP contribution in [0.3, 0.4) is 0 Å². The molecular formula is C23H25FN4O4. The number of carbonyl (C=O) groups excluding carboxylic acids is 2. The molecule has 2 aromatic carbocycles. The third kappa shape index (κ3) is 5.42. The van der Waals surface area contributed by atoms with E-state index in [0.29, 0.717) is 41.5 Å². The Hall–Kier alpha value is -3.88. The number of hydrogen-bond donors (Lipinski definition) is 2. The summed E-state index contributed by atoms with van der Waals surface area (Å²) in [5.41, 5.74) is 6.31. The third-order valence-corrected chi connectivity index (χ3v) is 4.64. The second kappa shape index (κ2) is 10.4. The van der Waals surface area contributed by atoms with Crippen LogP contribution in [0.15, 0.2) is 54.7 Å². The Balaban J connectivity index is 1.60. The van der Waals surface area contributed by atoms with Crippen LogP contribution in [-0.2, 0) is 11.2 Å². The first-order valence-electron chi connectivity index (χ1n) is 10.3. The van der Waals surface area contributed by atoms with Gasteiger partial charge in [0.05, 0.1) is 29.7 Å². The van der Waals surface area contributed by atoms with Crippen LogP contribution < -0.4 is 20.3 Å². The molecule has 1 unspecified atom stereocenters. The minimum Gasteiger partial charge on any atom is -0.494 e. The van der Waals surface area contributed by atoms with Crippen LogP contribution in [0.4, 0.5) is 4.39 Å². The Morgan fingerprint density at radius 3 is 2.31 bits per heavy atom. The van der Waals surface area contributed by atoms with Crippen molar-refractivity contribution in [1.29, 1.82) is 0 Å². The van der Waals surface area contributed by atoms with Crippen molar-refractivity contribution in [2.75, 3.05) is 6.61 Å². The molecule has 3 rings (SSSR count). The highest BCUT2D eigenvalue weighted by Gasteiger charge is 2.20. The first kappa shape index (κ1) is 22.8. The van der Waals surface area contributed by atoms with Crippen molar-refractivity contribution in [3.05, 3.63) is 71.8 Å². The number of benzene rings is 2. The molecule has 0 radical (unpaired) electrons. The molecule has 1 aromatic heterocycles. The van der Waals surface area contributed by atoms with Crippen LogP contribution in [0, 0.1) is 5.82 Å². The van der Waals surface area contributed by atoms with E-state index < -0.39 is 17.9 Å². The van der Waals surface area contributed by atoms with E-state index in [1.807, 2.05) is 13.8 Å². The van der Waals surface area contributed by atoms with E-state index in [2.05, 4.69) is 16.0 Å². The van der Waals surface area contributed by atoms with Crippen molar-refractivity contribution < 1.29 is 23.5 Å². The van der Waals surface area contributed by atoms with Gasteiger partial charge < -0.3 is 9.47 Å². The van der Waals surface area contributed by atoms with Gasteiger partial charge in [-0.2, -0.15) is 5.10 Å². The maximum absolute atomic E-state index is 13.2. The van der Waals surface area contributed by atoms with Crippen LogP contribution >= 0.6 is 0 Å². The predicted molar refractivity (Wildman–Crippen MR) is 116 cm³/mol. The number of aromatic nitrogens is 2. The number of amides is 2. The molecule has 0 spiro atoms. The smallest absolute Gasteiger partial charge is 0.279 e. The van der Waals surface area contributed by atoms with Crippen LogP contribution in [0.2, 0.25) is 0 Å². The number of hydrogen-bond acceptors (Lipinski definition) is 5. The lowest BCUT2D eigenvalue weighted by molar-refractivity contribution is -0.128. The second-order valence-electron chi connectivity index (χ2n) is 6.85. The Kier molecular flexibility index (Phi) is 7.43. The minimum atomic E-state index is -0.846. The van der Waals surface area contributed by atoms with E-state index in [9.17, 15) is 14.0 Å². The highest BCUT2D eigenvalue weighted by atomic mass is 19.1. The minimum absolute atomic E-state index is 0.303. The van der Waals surface area contributed by atoms with E-state index in [1.165, 1.54) is 18.3 Å². The summed E-state index contributed by atoms with van der Waals surface area (Å²) in [6, 6.07) is 12.7. The number of rotatable bonds is 8. The van der Waals surface area contributed by atoms with E-state index >= 15 is 0 Å². The third-order valence-electron chi connectivity index (χ3n) is 4.64. The quantitative estimate of drug-likeness (QED) is 0.525. The molecule has 0 bridgehead atoms. The molecule has 2 amide bonds. The Morgan fingerprint density at radius 1 is 1.03 bits per heavy atom. The summed E-state index contributed by atoms with van der Waals surface area (Å²) in [5, 5.41) is 4.23. The van der Waals surface area contributed by atoms with Crippen LogP contribution in [-0.4, -0.2) is 34.3 Å². The maximum Gasteiger partial charge on any atom is 0.279 e. The van der Waals surface area contributed by atoms with Crippen LogP contribution in [0.1, 0.15) is 36.8 Å². The molecule has 168 valence electrons. The molecule has 0 aliphatic heterocycles. The average molecular weight is 440 g/mol. The lowest BCUT2D eigenvalue weighted by Crippen LogP contribution is -2.47. The summed E-state index contributed by atoms with van der Waals surface area (Å²) in [6.45, 7) is 5.89. The van der Waals surface area contributed by atoms with Crippen LogP contribution in [0.5, 0.6) is 11.5 Å². The van der Waals surface area contributed by atoms with Crippen LogP contribution in [0.25, 0.3) is 5.69 Å². The first-order chi connectivity index (χ1) is 15.4. The van der Waals surface area contributed by atoms with Crippen molar-refractivity contribution in [3.8, 4) is 17.2 Å². The zero-order valence-electron chi connectivity index (χ0n) is 18.1. The molecule has 0 aliphatic rings.